The first-order valence-electron chi connectivity index (χ1n) is 7.31. The van der Waals surface area contributed by atoms with Crippen LogP contribution in [0.3, 0.4) is 0 Å². The fourth-order valence-electron chi connectivity index (χ4n) is 2.90. The first kappa shape index (κ1) is 13.1. The normalized spacial score (nSPS) is 30.7. The molecule has 1 heterocycles. The van der Waals surface area contributed by atoms with E-state index in [1.54, 1.807) is 0 Å². The third-order valence-electron chi connectivity index (χ3n) is 4.48. The third kappa shape index (κ3) is 2.83. The van der Waals surface area contributed by atoms with Crippen LogP contribution in [0.15, 0.2) is 24.3 Å². The standard InChI is InChI=1S/C16H23NO2/c1-12-16(18,8-9-19-12)11-17-10-14-4-2-3-5-15(14)13-6-7-13/h2-5,12-13,17-18H,6-11H2,1H3. The van der Waals surface area contributed by atoms with E-state index in [9.17, 15) is 5.11 Å². The number of ether oxygens (including phenoxy) is 1. The first-order chi connectivity index (χ1) is 9.19. The number of hydrogen-bond acceptors (Lipinski definition) is 3. The zero-order chi connectivity index (χ0) is 13.3. The molecule has 3 rings (SSSR count). The van der Waals surface area contributed by atoms with Gasteiger partial charge in [-0.3, -0.25) is 0 Å². The predicted octanol–water partition coefficient (Wildman–Crippen LogP) is 2.19. The molecule has 3 heteroatoms. The van der Waals surface area contributed by atoms with Crippen LogP contribution in [0.1, 0.15) is 43.2 Å². The van der Waals surface area contributed by atoms with Crippen LogP contribution in [0, 0.1) is 0 Å². The highest BCUT2D eigenvalue weighted by Gasteiger charge is 2.39. The van der Waals surface area contributed by atoms with Gasteiger partial charge in [0.15, 0.2) is 0 Å². The minimum absolute atomic E-state index is 0.0707. The molecule has 1 saturated carbocycles. The van der Waals surface area contributed by atoms with E-state index in [0.717, 1.165) is 18.9 Å². The van der Waals surface area contributed by atoms with Crippen molar-refractivity contribution >= 4 is 0 Å². The van der Waals surface area contributed by atoms with E-state index in [0.29, 0.717) is 13.2 Å². The van der Waals surface area contributed by atoms with Crippen LogP contribution in [0.4, 0.5) is 0 Å². The average molecular weight is 261 g/mol. The van der Waals surface area contributed by atoms with Gasteiger partial charge in [0.05, 0.1) is 6.10 Å². The number of rotatable bonds is 5. The molecular weight excluding hydrogens is 238 g/mol. The van der Waals surface area contributed by atoms with Gasteiger partial charge in [-0.2, -0.15) is 0 Å². The fraction of sp³-hybridized carbons (Fsp3) is 0.625. The van der Waals surface area contributed by atoms with Crippen LogP contribution < -0.4 is 5.32 Å². The number of hydrogen-bond donors (Lipinski definition) is 2. The van der Waals surface area contributed by atoms with Gasteiger partial charge in [0.2, 0.25) is 0 Å². The summed E-state index contributed by atoms with van der Waals surface area (Å²) in [6, 6.07) is 8.65. The third-order valence-corrected chi connectivity index (χ3v) is 4.48. The Morgan fingerprint density at radius 1 is 1.37 bits per heavy atom. The Bertz CT molecular complexity index is 444. The highest BCUT2D eigenvalue weighted by molar-refractivity contribution is 5.33. The summed E-state index contributed by atoms with van der Waals surface area (Å²) in [5, 5.41) is 13.8. The van der Waals surface area contributed by atoms with Gasteiger partial charge in [-0.15, -0.1) is 0 Å². The quantitative estimate of drug-likeness (QED) is 0.853. The van der Waals surface area contributed by atoms with Crippen molar-refractivity contribution in [3.63, 3.8) is 0 Å². The molecule has 1 aromatic carbocycles. The maximum Gasteiger partial charge on any atom is 0.105 e. The molecule has 0 aromatic heterocycles. The molecule has 2 aliphatic rings. The Morgan fingerprint density at radius 2 is 2.16 bits per heavy atom. The Hall–Kier alpha value is -0.900. The second kappa shape index (κ2) is 5.23. The zero-order valence-electron chi connectivity index (χ0n) is 11.6. The van der Waals surface area contributed by atoms with E-state index in [4.69, 9.17) is 4.74 Å². The van der Waals surface area contributed by atoms with E-state index in [-0.39, 0.29) is 6.10 Å². The van der Waals surface area contributed by atoms with Crippen LogP contribution in [-0.2, 0) is 11.3 Å². The molecule has 0 amide bonds. The van der Waals surface area contributed by atoms with E-state index >= 15 is 0 Å². The number of nitrogens with one attached hydrogen (secondary N) is 1. The Morgan fingerprint density at radius 3 is 2.84 bits per heavy atom. The van der Waals surface area contributed by atoms with Gasteiger partial charge in [-0.05, 0) is 36.8 Å². The second-order valence-corrected chi connectivity index (χ2v) is 5.94. The van der Waals surface area contributed by atoms with Gasteiger partial charge in [0.1, 0.15) is 5.60 Å². The monoisotopic (exact) mass is 261 g/mol. The van der Waals surface area contributed by atoms with E-state index in [1.807, 2.05) is 6.92 Å². The molecule has 104 valence electrons. The summed E-state index contributed by atoms with van der Waals surface area (Å²) in [6.07, 6.45) is 3.31. The SMILES string of the molecule is CC1OCCC1(O)CNCc1ccccc1C1CC1. The van der Waals surface area contributed by atoms with Crippen LogP contribution in [0.5, 0.6) is 0 Å². The molecular formula is C16H23NO2. The maximum absolute atomic E-state index is 10.4. The van der Waals surface area contributed by atoms with Gasteiger partial charge in [0, 0.05) is 26.1 Å². The lowest BCUT2D eigenvalue weighted by atomic mass is 9.96. The summed E-state index contributed by atoms with van der Waals surface area (Å²) in [4.78, 5) is 0. The molecule has 3 nitrogen and oxygen atoms in total. The van der Waals surface area contributed by atoms with Crippen LogP contribution in [-0.4, -0.2) is 30.0 Å². The second-order valence-electron chi connectivity index (χ2n) is 5.94. The number of aliphatic hydroxyl groups is 1. The van der Waals surface area contributed by atoms with E-state index < -0.39 is 5.60 Å². The lowest BCUT2D eigenvalue weighted by Gasteiger charge is -2.26. The van der Waals surface area contributed by atoms with Crippen molar-refractivity contribution in [1.82, 2.24) is 5.32 Å². The fourth-order valence-corrected chi connectivity index (χ4v) is 2.90. The van der Waals surface area contributed by atoms with Gasteiger partial charge >= 0.3 is 0 Å². The van der Waals surface area contributed by atoms with E-state index in [1.165, 1.54) is 24.0 Å². The minimum atomic E-state index is -0.700. The van der Waals surface area contributed by atoms with Crippen LogP contribution in [0.25, 0.3) is 0 Å². The molecule has 2 unspecified atom stereocenters. The van der Waals surface area contributed by atoms with Gasteiger partial charge in [-0.25, -0.2) is 0 Å². The molecule has 2 N–H and O–H groups in total. The van der Waals surface area contributed by atoms with E-state index in [2.05, 4.69) is 29.6 Å². The Balaban J connectivity index is 1.58. The molecule has 1 saturated heterocycles. The van der Waals surface area contributed by atoms with Gasteiger partial charge in [0.25, 0.3) is 0 Å². The smallest absolute Gasteiger partial charge is 0.105 e. The molecule has 0 radical (unpaired) electrons. The van der Waals surface area contributed by atoms with Crippen molar-refractivity contribution in [2.45, 2.75) is 50.4 Å². The highest BCUT2D eigenvalue weighted by atomic mass is 16.5. The largest absolute Gasteiger partial charge is 0.386 e. The lowest BCUT2D eigenvalue weighted by Crippen LogP contribution is -2.45. The highest BCUT2D eigenvalue weighted by Crippen LogP contribution is 2.41. The van der Waals surface area contributed by atoms with Crippen molar-refractivity contribution < 1.29 is 9.84 Å². The van der Waals surface area contributed by atoms with Gasteiger partial charge < -0.3 is 15.2 Å². The zero-order valence-corrected chi connectivity index (χ0v) is 11.6. The molecule has 19 heavy (non-hydrogen) atoms. The predicted molar refractivity (Wildman–Crippen MR) is 75.1 cm³/mol. The molecule has 2 atom stereocenters. The van der Waals surface area contributed by atoms with Crippen molar-refractivity contribution in [2.24, 2.45) is 0 Å². The lowest BCUT2D eigenvalue weighted by molar-refractivity contribution is -0.0263. The summed E-state index contributed by atoms with van der Waals surface area (Å²) < 4.78 is 5.45. The minimum Gasteiger partial charge on any atom is -0.386 e. The van der Waals surface area contributed by atoms with Crippen LogP contribution in [0.2, 0.25) is 0 Å². The Labute approximate surface area is 115 Å². The summed E-state index contributed by atoms with van der Waals surface area (Å²) in [6.45, 7) is 4.06. The summed E-state index contributed by atoms with van der Waals surface area (Å²) in [5.41, 5.74) is 2.16. The Kier molecular flexibility index (Phi) is 3.61. The average Bonchev–Trinajstić information content (AvgIpc) is 3.19. The summed E-state index contributed by atoms with van der Waals surface area (Å²) >= 11 is 0. The number of benzene rings is 1. The van der Waals surface area contributed by atoms with Crippen molar-refractivity contribution in [3.8, 4) is 0 Å². The summed E-state index contributed by atoms with van der Waals surface area (Å²) in [5.74, 6) is 0.773. The first-order valence-corrected chi connectivity index (χ1v) is 7.31. The molecule has 2 fully saturated rings. The maximum atomic E-state index is 10.4. The van der Waals surface area contributed by atoms with Crippen molar-refractivity contribution in [3.05, 3.63) is 35.4 Å². The topological polar surface area (TPSA) is 41.5 Å². The molecule has 0 spiro atoms. The summed E-state index contributed by atoms with van der Waals surface area (Å²) in [7, 11) is 0. The van der Waals surface area contributed by atoms with Crippen LogP contribution >= 0.6 is 0 Å². The molecule has 1 aromatic rings. The van der Waals surface area contributed by atoms with Crippen molar-refractivity contribution in [1.29, 1.82) is 0 Å². The van der Waals surface area contributed by atoms with Crippen molar-refractivity contribution in [2.75, 3.05) is 13.2 Å². The molecule has 1 aliphatic heterocycles. The van der Waals surface area contributed by atoms with Gasteiger partial charge in [-0.1, -0.05) is 24.3 Å². The molecule has 0 bridgehead atoms. The molecule has 1 aliphatic carbocycles.